The van der Waals surface area contributed by atoms with Crippen LogP contribution in [0.5, 0.6) is 0 Å². The molecule has 0 spiro atoms. The first-order chi connectivity index (χ1) is 10.6. The van der Waals surface area contributed by atoms with Gasteiger partial charge in [0.05, 0.1) is 18.0 Å². The van der Waals surface area contributed by atoms with Crippen LogP contribution in [0.4, 0.5) is 16.2 Å². The Balaban J connectivity index is 1.80. The quantitative estimate of drug-likeness (QED) is 0.642. The first-order valence-electron chi connectivity index (χ1n) is 7.70. The van der Waals surface area contributed by atoms with Gasteiger partial charge < -0.3 is 20.7 Å². The van der Waals surface area contributed by atoms with E-state index in [0.717, 1.165) is 31.4 Å². The van der Waals surface area contributed by atoms with E-state index in [4.69, 9.17) is 22.1 Å². The number of likely N-dealkylation sites (tertiary alicyclic amines) is 1. The molecule has 1 aliphatic heterocycles. The Morgan fingerprint density at radius 2 is 2.27 bits per heavy atom. The van der Waals surface area contributed by atoms with Gasteiger partial charge in [-0.3, -0.25) is 0 Å². The number of nitrogen functional groups attached to an aromatic ring is 1. The molecule has 2 rings (SSSR count). The van der Waals surface area contributed by atoms with Crippen LogP contribution in [0, 0.1) is 0 Å². The van der Waals surface area contributed by atoms with Crippen molar-refractivity contribution in [3.8, 4) is 0 Å². The molecule has 1 aromatic heterocycles. The SMILES string of the molecule is CCCCOC(=O)N1CCC(Nc2ccnc(Cl)c2N)CC1. The Hall–Kier alpha value is -1.69. The Bertz CT molecular complexity index is 504. The van der Waals surface area contributed by atoms with Gasteiger partial charge in [0.2, 0.25) is 0 Å². The first-order valence-corrected chi connectivity index (χ1v) is 8.07. The van der Waals surface area contributed by atoms with E-state index in [2.05, 4.69) is 17.2 Å². The number of pyridine rings is 1. The summed E-state index contributed by atoms with van der Waals surface area (Å²) in [5.74, 6) is 0. The zero-order valence-corrected chi connectivity index (χ0v) is 13.6. The van der Waals surface area contributed by atoms with Crippen molar-refractivity contribution in [1.82, 2.24) is 9.88 Å². The van der Waals surface area contributed by atoms with E-state index in [0.29, 0.717) is 30.5 Å². The number of piperidine rings is 1. The first kappa shape index (κ1) is 16.7. The minimum atomic E-state index is -0.210. The molecule has 1 aliphatic rings. The number of aromatic nitrogens is 1. The second-order valence-corrected chi connectivity index (χ2v) is 5.79. The van der Waals surface area contributed by atoms with Crippen LogP contribution in [0.1, 0.15) is 32.6 Å². The zero-order valence-electron chi connectivity index (χ0n) is 12.8. The molecule has 0 saturated carbocycles. The number of nitrogens with one attached hydrogen (secondary N) is 1. The maximum absolute atomic E-state index is 11.9. The lowest BCUT2D eigenvalue weighted by Crippen LogP contribution is -2.42. The molecule has 7 heteroatoms. The fraction of sp³-hybridized carbons (Fsp3) is 0.600. The van der Waals surface area contributed by atoms with Crippen LogP contribution < -0.4 is 11.1 Å². The largest absolute Gasteiger partial charge is 0.449 e. The molecule has 22 heavy (non-hydrogen) atoms. The molecule has 0 radical (unpaired) electrons. The van der Waals surface area contributed by atoms with Gasteiger partial charge in [-0.2, -0.15) is 0 Å². The fourth-order valence-corrected chi connectivity index (χ4v) is 2.55. The van der Waals surface area contributed by atoms with Crippen LogP contribution in [-0.2, 0) is 4.74 Å². The predicted octanol–water partition coefficient (Wildman–Crippen LogP) is 3.13. The van der Waals surface area contributed by atoms with Crippen LogP contribution >= 0.6 is 11.6 Å². The highest BCUT2D eigenvalue weighted by molar-refractivity contribution is 6.32. The van der Waals surface area contributed by atoms with Crippen molar-refractivity contribution in [3.05, 3.63) is 17.4 Å². The highest BCUT2D eigenvalue weighted by Gasteiger charge is 2.24. The highest BCUT2D eigenvalue weighted by atomic mass is 35.5. The molecule has 1 amide bonds. The van der Waals surface area contributed by atoms with Crippen LogP contribution in [0.25, 0.3) is 0 Å². The standard InChI is InChI=1S/C15H23ClN4O2/c1-2-3-10-22-15(21)20-8-5-11(6-9-20)19-12-4-7-18-14(16)13(12)17/h4,7,11H,2-3,5-6,8-10,17H2,1H3,(H,18,19). The lowest BCUT2D eigenvalue weighted by atomic mass is 10.1. The number of anilines is 2. The second-order valence-electron chi connectivity index (χ2n) is 5.44. The predicted molar refractivity (Wildman–Crippen MR) is 88.1 cm³/mol. The summed E-state index contributed by atoms with van der Waals surface area (Å²) in [5, 5.41) is 3.68. The van der Waals surface area contributed by atoms with Gasteiger partial charge in [0.15, 0.2) is 5.15 Å². The summed E-state index contributed by atoms with van der Waals surface area (Å²) in [7, 11) is 0. The molecule has 3 N–H and O–H groups in total. The molecule has 0 unspecified atom stereocenters. The maximum Gasteiger partial charge on any atom is 0.409 e. The Morgan fingerprint density at radius 3 is 2.95 bits per heavy atom. The van der Waals surface area contributed by atoms with Crippen molar-refractivity contribution in [2.75, 3.05) is 30.7 Å². The average molecular weight is 327 g/mol. The number of hydrogen-bond acceptors (Lipinski definition) is 5. The third kappa shape index (κ3) is 4.40. The molecule has 0 bridgehead atoms. The second kappa shape index (κ2) is 8.08. The number of rotatable bonds is 5. The molecule has 1 fully saturated rings. The number of carbonyl (C=O) groups is 1. The smallest absolute Gasteiger partial charge is 0.409 e. The Labute approximate surface area is 136 Å². The van der Waals surface area contributed by atoms with Gasteiger partial charge in [0.1, 0.15) is 0 Å². The summed E-state index contributed by atoms with van der Waals surface area (Å²) >= 11 is 5.91. The van der Waals surface area contributed by atoms with Gasteiger partial charge >= 0.3 is 6.09 Å². The van der Waals surface area contributed by atoms with E-state index < -0.39 is 0 Å². The van der Waals surface area contributed by atoms with Gasteiger partial charge in [-0.05, 0) is 25.3 Å². The monoisotopic (exact) mass is 326 g/mol. The van der Waals surface area contributed by atoms with E-state index in [9.17, 15) is 4.79 Å². The zero-order chi connectivity index (χ0) is 15.9. The molecule has 1 saturated heterocycles. The minimum absolute atomic E-state index is 0.210. The van der Waals surface area contributed by atoms with E-state index in [-0.39, 0.29) is 12.1 Å². The molecular formula is C15H23ClN4O2. The normalized spacial score (nSPS) is 15.6. The van der Waals surface area contributed by atoms with Crippen molar-refractivity contribution in [2.24, 2.45) is 0 Å². The Kier molecular flexibility index (Phi) is 6.12. The number of hydrogen-bond donors (Lipinski definition) is 2. The molecule has 122 valence electrons. The Morgan fingerprint density at radius 1 is 1.55 bits per heavy atom. The highest BCUT2D eigenvalue weighted by Crippen LogP contribution is 2.26. The van der Waals surface area contributed by atoms with Crippen LogP contribution in [-0.4, -0.2) is 41.7 Å². The summed E-state index contributed by atoms with van der Waals surface area (Å²) in [6.45, 7) is 3.93. The van der Waals surface area contributed by atoms with Gasteiger partial charge in [-0.1, -0.05) is 24.9 Å². The van der Waals surface area contributed by atoms with Gasteiger partial charge in [-0.15, -0.1) is 0 Å². The minimum Gasteiger partial charge on any atom is -0.449 e. The molecule has 0 aromatic carbocycles. The summed E-state index contributed by atoms with van der Waals surface area (Å²) in [6, 6.07) is 2.08. The third-order valence-electron chi connectivity index (χ3n) is 3.78. The molecule has 0 aliphatic carbocycles. The van der Waals surface area contributed by atoms with Crippen molar-refractivity contribution in [1.29, 1.82) is 0 Å². The number of ether oxygens (including phenoxy) is 1. The molecule has 6 nitrogen and oxygen atoms in total. The maximum atomic E-state index is 11.9. The van der Waals surface area contributed by atoms with E-state index in [1.807, 2.05) is 6.07 Å². The lowest BCUT2D eigenvalue weighted by molar-refractivity contribution is 0.0928. The molecule has 2 heterocycles. The molecule has 0 atom stereocenters. The van der Waals surface area contributed by atoms with E-state index in [1.54, 1.807) is 11.1 Å². The lowest BCUT2D eigenvalue weighted by Gasteiger charge is -2.32. The van der Waals surface area contributed by atoms with Gasteiger partial charge in [0, 0.05) is 25.3 Å². The number of nitrogens with zero attached hydrogens (tertiary/aromatic N) is 2. The molecule has 1 aromatic rings. The van der Waals surface area contributed by atoms with Crippen molar-refractivity contribution < 1.29 is 9.53 Å². The number of nitrogens with two attached hydrogens (primary N) is 1. The van der Waals surface area contributed by atoms with E-state index >= 15 is 0 Å². The van der Waals surface area contributed by atoms with Gasteiger partial charge in [-0.25, -0.2) is 9.78 Å². The van der Waals surface area contributed by atoms with Crippen molar-refractivity contribution in [3.63, 3.8) is 0 Å². The van der Waals surface area contributed by atoms with Crippen LogP contribution in [0.3, 0.4) is 0 Å². The number of halogens is 1. The summed E-state index contributed by atoms with van der Waals surface area (Å²) in [4.78, 5) is 17.6. The summed E-state index contributed by atoms with van der Waals surface area (Å²) in [5.41, 5.74) is 7.16. The van der Waals surface area contributed by atoms with Crippen LogP contribution in [0.15, 0.2) is 12.3 Å². The van der Waals surface area contributed by atoms with Crippen molar-refractivity contribution in [2.45, 2.75) is 38.6 Å². The fourth-order valence-electron chi connectivity index (χ4n) is 2.39. The summed E-state index contributed by atoms with van der Waals surface area (Å²) < 4.78 is 5.23. The topological polar surface area (TPSA) is 80.5 Å². The van der Waals surface area contributed by atoms with Crippen molar-refractivity contribution >= 4 is 29.1 Å². The molecular weight excluding hydrogens is 304 g/mol. The number of unbranched alkanes of at least 4 members (excludes halogenated alkanes) is 1. The number of carbonyl (C=O) groups excluding carboxylic acids is 1. The van der Waals surface area contributed by atoms with E-state index in [1.165, 1.54) is 0 Å². The average Bonchev–Trinajstić information content (AvgIpc) is 2.53. The third-order valence-corrected chi connectivity index (χ3v) is 4.08. The van der Waals surface area contributed by atoms with Gasteiger partial charge in [0.25, 0.3) is 0 Å². The summed E-state index contributed by atoms with van der Waals surface area (Å²) in [6.07, 6.45) is 5.05. The van der Waals surface area contributed by atoms with Crippen LogP contribution in [0.2, 0.25) is 5.15 Å². The number of amides is 1.